The molecule has 0 aliphatic rings. The number of fused-ring (bicyclic) bond motifs is 1. The number of nitrogens with zero attached hydrogens (tertiary/aromatic N) is 1. The Morgan fingerprint density at radius 2 is 1.62 bits per heavy atom. The molecular formula is C16H14N2O2S. The summed E-state index contributed by atoms with van der Waals surface area (Å²) in [6.45, 7) is 1.88. The molecule has 1 N–H and O–H groups in total. The zero-order chi connectivity index (χ0) is 14.9. The number of nitrogens with one attached hydrogen (secondary N) is 1. The molecule has 106 valence electrons. The van der Waals surface area contributed by atoms with Crippen molar-refractivity contribution in [2.45, 2.75) is 11.8 Å². The van der Waals surface area contributed by atoms with Crippen molar-refractivity contribution in [3.05, 3.63) is 66.4 Å². The van der Waals surface area contributed by atoms with Gasteiger partial charge >= 0.3 is 0 Å². The smallest absolute Gasteiger partial charge is 0.261 e. The number of hydrogen-bond acceptors (Lipinski definition) is 3. The fraction of sp³-hybridized carbons (Fsp3) is 0.0625. The van der Waals surface area contributed by atoms with Crippen LogP contribution < -0.4 is 4.72 Å². The highest BCUT2D eigenvalue weighted by Gasteiger charge is 2.15. The minimum absolute atomic E-state index is 0.234. The number of para-hydroxylation sites is 1. The highest BCUT2D eigenvalue weighted by atomic mass is 32.2. The van der Waals surface area contributed by atoms with E-state index in [1.165, 1.54) is 0 Å². The summed E-state index contributed by atoms with van der Waals surface area (Å²) in [5.41, 5.74) is 2.20. The number of sulfonamides is 1. The van der Waals surface area contributed by atoms with Gasteiger partial charge in [0.05, 0.1) is 22.3 Å². The van der Waals surface area contributed by atoms with Crippen LogP contribution in [0.25, 0.3) is 10.9 Å². The molecule has 0 radical (unpaired) electrons. The third-order valence-corrected chi connectivity index (χ3v) is 4.72. The van der Waals surface area contributed by atoms with E-state index in [0.29, 0.717) is 5.69 Å². The molecule has 3 rings (SSSR count). The standard InChI is InChI=1S/C16H14N2O2S/c1-12-14-9-5-6-10-15(14)17-11-16(12)18-21(19,20)13-7-3-2-4-8-13/h2-11,18H,1H3. The van der Waals surface area contributed by atoms with E-state index in [-0.39, 0.29) is 4.90 Å². The first-order valence-electron chi connectivity index (χ1n) is 6.50. The van der Waals surface area contributed by atoms with Gasteiger partial charge in [0.1, 0.15) is 0 Å². The highest BCUT2D eigenvalue weighted by Crippen LogP contribution is 2.25. The molecule has 5 heteroatoms. The van der Waals surface area contributed by atoms with E-state index < -0.39 is 10.0 Å². The van der Waals surface area contributed by atoms with Crippen molar-refractivity contribution in [2.75, 3.05) is 4.72 Å². The number of aryl methyl sites for hydroxylation is 1. The maximum absolute atomic E-state index is 12.4. The Morgan fingerprint density at radius 1 is 0.952 bits per heavy atom. The van der Waals surface area contributed by atoms with E-state index in [0.717, 1.165) is 16.5 Å². The second kappa shape index (κ2) is 5.18. The average molecular weight is 298 g/mol. The lowest BCUT2D eigenvalue weighted by Crippen LogP contribution is -2.14. The van der Waals surface area contributed by atoms with Crippen molar-refractivity contribution in [1.82, 2.24) is 4.98 Å². The SMILES string of the molecule is Cc1c(NS(=O)(=O)c2ccccc2)cnc2ccccc12. The van der Waals surface area contributed by atoms with Crippen LogP contribution in [0.2, 0.25) is 0 Å². The number of aromatic nitrogens is 1. The van der Waals surface area contributed by atoms with Crippen LogP contribution in [0, 0.1) is 6.92 Å². The monoisotopic (exact) mass is 298 g/mol. The van der Waals surface area contributed by atoms with E-state index in [2.05, 4.69) is 9.71 Å². The highest BCUT2D eigenvalue weighted by molar-refractivity contribution is 7.92. The van der Waals surface area contributed by atoms with Gasteiger partial charge in [0.2, 0.25) is 0 Å². The van der Waals surface area contributed by atoms with Crippen LogP contribution in [0.3, 0.4) is 0 Å². The molecule has 0 saturated carbocycles. The molecule has 21 heavy (non-hydrogen) atoms. The summed E-state index contributed by atoms with van der Waals surface area (Å²) >= 11 is 0. The molecule has 1 aromatic heterocycles. The predicted octanol–water partition coefficient (Wildman–Crippen LogP) is 3.34. The molecule has 0 saturated heterocycles. The van der Waals surface area contributed by atoms with E-state index in [1.807, 2.05) is 31.2 Å². The van der Waals surface area contributed by atoms with Gasteiger partial charge in [-0.05, 0) is 30.7 Å². The lowest BCUT2D eigenvalue weighted by molar-refractivity contribution is 0.601. The van der Waals surface area contributed by atoms with Crippen molar-refractivity contribution < 1.29 is 8.42 Å². The summed E-state index contributed by atoms with van der Waals surface area (Å²) in [7, 11) is -3.59. The third kappa shape index (κ3) is 2.60. The van der Waals surface area contributed by atoms with E-state index in [4.69, 9.17) is 0 Å². The summed E-state index contributed by atoms with van der Waals surface area (Å²) in [5, 5.41) is 0.936. The number of pyridine rings is 1. The lowest BCUT2D eigenvalue weighted by Gasteiger charge is -2.12. The van der Waals surface area contributed by atoms with Gasteiger partial charge in [-0.2, -0.15) is 0 Å². The Morgan fingerprint density at radius 3 is 2.38 bits per heavy atom. The molecule has 4 nitrogen and oxygen atoms in total. The van der Waals surface area contributed by atoms with Crippen LogP contribution >= 0.6 is 0 Å². The summed E-state index contributed by atoms with van der Waals surface area (Å²) < 4.78 is 27.3. The van der Waals surface area contributed by atoms with Crippen molar-refractivity contribution in [1.29, 1.82) is 0 Å². The fourth-order valence-corrected chi connectivity index (χ4v) is 3.31. The molecule has 0 unspecified atom stereocenters. The lowest BCUT2D eigenvalue weighted by atomic mass is 10.1. The van der Waals surface area contributed by atoms with Crippen LogP contribution in [0.4, 0.5) is 5.69 Å². The van der Waals surface area contributed by atoms with Crippen molar-refractivity contribution in [3.63, 3.8) is 0 Å². The molecule has 0 amide bonds. The molecule has 0 bridgehead atoms. The van der Waals surface area contributed by atoms with Crippen molar-refractivity contribution in [3.8, 4) is 0 Å². The van der Waals surface area contributed by atoms with Crippen molar-refractivity contribution >= 4 is 26.6 Å². The Hall–Kier alpha value is -2.40. The minimum Gasteiger partial charge on any atom is -0.278 e. The van der Waals surface area contributed by atoms with E-state index in [9.17, 15) is 8.42 Å². The van der Waals surface area contributed by atoms with Gasteiger partial charge in [-0.25, -0.2) is 8.42 Å². The second-order valence-electron chi connectivity index (χ2n) is 4.73. The zero-order valence-electron chi connectivity index (χ0n) is 11.4. The van der Waals surface area contributed by atoms with Gasteiger partial charge in [-0.1, -0.05) is 36.4 Å². The topological polar surface area (TPSA) is 59.1 Å². The molecule has 0 fully saturated rings. The van der Waals surface area contributed by atoms with Gasteiger partial charge < -0.3 is 0 Å². The van der Waals surface area contributed by atoms with Gasteiger partial charge in [0, 0.05) is 5.39 Å². The maximum atomic E-state index is 12.4. The fourth-order valence-electron chi connectivity index (χ4n) is 2.19. The second-order valence-corrected chi connectivity index (χ2v) is 6.41. The minimum atomic E-state index is -3.59. The molecule has 2 aromatic carbocycles. The number of benzene rings is 2. The first-order valence-corrected chi connectivity index (χ1v) is 7.98. The van der Waals surface area contributed by atoms with Crippen LogP contribution in [0.1, 0.15) is 5.56 Å². The largest absolute Gasteiger partial charge is 0.278 e. The van der Waals surface area contributed by atoms with Gasteiger partial charge in [0.15, 0.2) is 0 Å². The van der Waals surface area contributed by atoms with E-state index in [1.54, 1.807) is 36.5 Å². The van der Waals surface area contributed by atoms with E-state index >= 15 is 0 Å². The third-order valence-electron chi connectivity index (χ3n) is 3.34. The van der Waals surface area contributed by atoms with Crippen LogP contribution in [0.15, 0.2) is 65.7 Å². The Bertz CT molecular complexity index is 891. The van der Waals surface area contributed by atoms with Crippen LogP contribution in [-0.4, -0.2) is 13.4 Å². The van der Waals surface area contributed by atoms with Gasteiger partial charge in [0.25, 0.3) is 10.0 Å². The zero-order valence-corrected chi connectivity index (χ0v) is 12.3. The number of rotatable bonds is 3. The number of hydrogen-bond donors (Lipinski definition) is 1. The quantitative estimate of drug-likeness (QED) is 0.806. The first-order chi connectivity index (χ1) is 10.1. The van der Waals surface area contributed by atoms with Crippen LogP contribution in [0.5, 0.6) is 0 Å². The Kier molecular flexibility index (Phi) is 3.35. The van der Waals surface area contributed by atoms with Gasteiger partial charge in [-0.3, -0.25) is 9.71 Å². The molecule has 0 aliphatic heterocycles. The first kappa shape index (κ1) is 13.6. The number of anilines is 1. The molecule has 0 spiro atoms. The molecule has 0 atom stereocenters. The van der Waals surface area contributed by atoms with Gasteiger partial charge in [-0.15, -0.1) is 0 Å². The maximum Gasteiger partial charge on any atom is 0.261 e. The average Bonchev–Trinajstić information content (AvgIpc) is 2.51. The predicted molar refractivity (Wildman–Crippen MR) is 83.7 cm³/mol. The summed E-state index contributed by atoms with van der Waals surface area (Å²) in [6.07, 6.45) is 1.55. The molecule has 0 aliphatic carbocycles. The Labute approximate surface area is 123 Å². The van der Waals surface area contributed by atoms with Crippen LogP contribution in [-0.2, 0) is 10.0 Å². The summed E-state index contributed by atoms with van der Waals surface area (Å²) in [5.74, 6) is 0. The molecule has 3 aromatic rings. The Balaban J connectivity index is 2.05. The normalized spacial score (nSPS) is 11.5. The molecule has 1 heterocycles. The summed E-state index contributed by atoms with van der Waals surface area (Å²) in [6, 6.07) is 15.9. The van der Waals surface area contributed by atoms with Crippen molar-refractivity contribution in [2.24, 2.45) is 0 Å². The summed E-state index contributed by atoms with van der Waals surface area (Å²) in [4.78, 5) is 4.53. The molecular weight excluding hydrogens is 284 g/mol.